The number of halogens is 3. The molecule has 0 aromatic carbocycles. The predicted octanol–water partition coefficient (Wildman–Crippen LogP) is 1.27. The van der Waals surface area contributed by atoms with Crippen LogP contribution in [-0.2, 0) is 22.3 Å². The highest BCUT2D eigenvalue weighted by Gasteiger charge is 2.34. The van der Waals surface area contributed by atoms with Crippen molar-refractivity contribution >= 4 is 11.9 Å². The summed E-state index contributed by atoms with van der Waals surface area (Å²) >= 11 is 0. The number of amides is 1. The Morgan fingerprint density at radius 3 is 2.67 bits per heavy atom. The summed E-state index contributed by atoms with van der Waals surface area (Å²) in [7, 11) is 0. The number of carboxylic acid groups (broad SMARTS) is 1. The molecule has 9 heteroatoms. The number of nitrogens with zero attached hydrogens (tertiary/aromatic N) is 2. The third-order valence-corrected chi connectivity index (χ3v) is 3.38. The first-order valence-electron chi connectivity index (χ1n) is 6.38. The van der Waals surface area contributed by atoms with Gasteiger partial charge in [-0.2, -0.15) is 18.3 Å². The largest absolute Gasteiger partial charge is 0.481 e. The fourth-order valence-electron chi connectivity index (χ4n) is 2.36. The van der Waals surface area contributed by atoms with Crippen LogP contribution in [0.3, 0.4) is 0 Å². The Morgan fingerprint density at radius 2 is 2.14 bits per heavy atom. The Labute approximate surface area is 117 Å². The maximum Gasteiger partial charge on any atom is 0.435 e. The second-order valence-corrected chi connectivity index (χ2v) is 5.01. The second kappa shape index (κ2) is 5.74. The third-order valence-electron chi connectivity index (χ3n) is 3.38. The molecule has 0 radical (unpaired) electrons. The monoisotopic (exact) mass is 305 g/mol. The zero-order valence-corrected chi connectivity index (χ0v) is 10.9. The van der Waals surface area contributed by atoms with Crippen molar-refractivity contribution < 1.29 is 27.9 Å². The van der Waals surface area contributed by atoms with Gasteiger partial charge in [-0.3, -0.25) is 14.3 Å². The predicted molar refractivity (Wildman–Crippen MR) is 64.1 cm³/mol. The van der Waals surface area contributed by atoms with Crippen LogP contribution in [0.25, 0.3) is 0 Å². The standard InChI is InChI=1S/C12H14F3N3O3/c13-12(14,15)9-3-4-18(17-9)6-10(19)16-8-2-1-7(5-8)11(20)21/h3-4,7-8H,1-2,5-6H2,(H,16,19)(H,20,21)/t7-,8+/m0/s1. The van der Waals surface area contributed by atoms with E-state index in [0.29, 0.717) is 19.3 Å². The fourth-order valence-corrected chi connectivity index (χ4v) is 2.36. The van der Waals surface area contributed by atoms with Gasteiger partial charge in [0.2, 0.25) is 5.91 Å². The van der Waals surface area contributed by atoms with Gasteiger partial charge in [-0.05, 0) is 25.3 Å². The molecule has 1 aliphatic carbocycles. The maximum atomic E-state index is 12.4. The SMILES string of the molecule is O=C(Cn1ccc(C(F)(F)F)n1)N[C@@H]1CC[C@H](C(=O)O)C1. The second-order valence-electron chi connectivity index (χ2n) is 5.01. The molecule has 0 bridgehead atoms. The van der Waals surface area contributed by atoms with Crippen molar-refractivity contribution in [1.29, 1.82) is 0 Å². The van der Waals surface area contributed by atoms with Crippen LogP contribution in [0.1, 0.15) is 25.0 Å². The van der Waals surface area contributed by atoms with Gasteiger partial charge in [0.25, 0.3) is 0 Å². The summed E-state index contributed by atoms with van der Waals surface area (Å²) in [5.74, 6) is -1.85. The van der Waals surface area contributed by atoms with Gasteiger partial charge in [0.15, 0.2) is 5.69 Å². The van der Waals surface area contributed by atoms with Gasteiger partial charge in [0, 0.05) is 12.2 Å². The van der Waals surface area contributed by atoms with E-state index in [9.17, 15) is 22.8 Å². The van der Waals surface area contributed by atoms with Crippen molar-refractivity contribution in [2.45, 2.75) is 38.0 Å². The topological polar surface area (TPSA) is 84.2 Å². The molecule has 21 heavy (non-hydrogen) atoms. The van der Waals surface area contributed by atoms with Crippen molar-refractivity contribution in [2.24, 2.45) is 5.92 Å². The van der Waals surface area contributed by atoms with Crippen LogP contribution in [0.15, 0.2) is 12.3 Å². The van der Waals surface area contributed by atoms with Crippen LogP contribution in [0.4, 0.5) is 13.2 Å². The van der Waals surface area contributed by atoms with E-state index in [1.807, 2.05) is 0 Å². The van der Waals surface area contributed by atoms with Crippen molar-refractivity contribution in [2.75, 3.05) is 0 Å². The minimum Gasteiger partial charge on any atom is -0.481 e. The molecule has 6 nitrogen and oxygen atoms in total. The van der Waals surface area contributed by atoms with E-state index in [1.54, 1.807) is 0 Å². The maximum absolute atomic E-state index is 12.4. The molecule has 0 aliphatic heterocycles. The summed E-state index contributed by atoms with van der Waals surface area (Å²) in [5.41, 5.74) is -1.05. The van der Waals surface area contributed by atoms with Crippen molar-refractivity contribution in [3.63, 3.8) is 0 Å². The summed E-state index contributed by atoms with van der Waals surface area (Å²) in [4.78, 5) is 22.5. The van der Waals surface area contributed by atoms with E-state index < -0.39 is 29.7 Å². The summed E-state index contributed by atoms with van der Waals surface area (Å²) in [6.07, 6.45) is -2.08. The molecule has 1 amide bonds. The number of rotatable bonds is 4. The molecule has 1 aromatic rings. The van der Waals surface area contributed by atoms with Crippen LogP contribution in [-0.4, -0.2) is 32.8 Å². The Bertz CT molecular complexity index is 541. The molecule has 116 valence electrons. The smallest absolute Gasteiger partial charge is 0.435 e. The molecule has 0 unspecified atom stereocenters. The number of hydrogen-bond acceptors (Lipinski definition) is 3. The highest BCUT2D eigenvalue weighted by molar-refractivity contribution is 5.76. The van der Waals surface area contributed by atoms with Crippen LogP contribution < -0.4 is 5.32 Å². The highest BCUT2D eigenvalue weighted by Crippen LogP contribution is 2.27. The molecule has 2 rings (SSSR count). The zero-order chi connectivity index (χ0) is 15.6. The van der Waals surface area contributed by atoms with Crippen molar-refractivity contribution in [3.8, 4) is 0 Å². The third kappa shape index (κ3) is 3.96. The minimum absolute atomic E-state index is 0.253. The Kier molecular flexibility index (Phi) is 4.19. The summed E-state index contributed by atoms with van der Waals surface area (Å²) < 4.78 is 38.0. The minimum atomic E-state index is -4.54. The molecule has 2 atom stereocenters. The van der Waals surface area contributed by atoms with E-state index in [4.69, 9.17) is 5.11 Å². The zero-order valence-electron chi connectivity index (χ0n) is 10.9. The molecule has 0 spiro atoms. The van der Waals surface area contributed by atoms with Crippen LogP contribution in [0.5, 0.6) is 0 Å². The number of hydrogen-bond donors (Lipinski definition) is 2. The number of carbonyl (C=O) groups is 2. The first-order chi connectivity index (χ1) is 9.75. The first kappa shape index (κ1) is 15.3. The lowest BCUT2D eigenvalue weighted by molar-refractivity contribution is -0.142. The lowest BCUT2D eigenvalue weighted by Crippen LogP contribution is -2.36. The average Bonchev–Trinajstić information content (AvgIpc) is 2.97. The van der Waals surface area contributed by atoms with Crippen molar-refractivity contribution in [1.82, 2.24) is 15.1 Å². The van der Waals surface area contributed by atoms with E-state index in [1.165, 1.54) is 0 Å². The van der Waals surface area contributed by atoms with E-state index in [0.717, 1.165) is 16.9 Å². The van der Waals surface area contributed by atoms with Gasteiger partial charge in [0.05, 0.1) is 5.92 Å². The van der Waals surface area contributed by atoms with Crippen molar-refractivity contribution in [3.05, 3.63) is 18.0 Å². The summed E-state index contributed by atoms with van der Waals surface area (Å²) in [6.45, 7) is -0.329. The van der Waals surface area contributed by atoms with Crippen LogP contribution in [0, 0.1) is 5.92 Å². The number of aromatic nitrogens is 2. The number of nitrogens with one attached hydrogen (secondary N) is 1. The quantitative estimate of drug-likeness (QED) is 0.877. The Balaban J connectivity index is 1.85. The molecule has 1 saturated carbocycles. The van der Waals surface area contributed by atoms with E-state index in [-0.39, 0.29) is 12.6 Å². The van der Waals surface area contributed by atoms with Gasteiger partial charge < -0.3 is 10.4 Å². The Hall–Kier alpha value is -2.06. The Morgan fingerprint density at radius 1 is 1.43 bits per heavy atom. The lowest BCUT2D eigenvalue weighted by Gasteiger charge is -2.12. The first-order valence-corrected chi connectivity index (χ1v) is 6.38. The molecule has 1 aromatic heterocycles. The van der Waals surface area contributed by atoms with Gasteiger partial charge in [0.1, 0.15) is 6.54 Å². The molecular formula is C12H14F3N3O3. The average molecular weight is 305 g/mol. The molecule has 1 aliphatic rings. The molecule has 1 fully saturated rings. The number of alkyl halides is 3. The lowest BCUT2D eigenvalue weighted by atomic mass is 10.1. The number of carboxylic acids is 1. The normalized spacial score (nSPS) is 22.2. The molecule has 2 N–H and O–H groups in total. The summed E-state index contributed by atoms with van der Waals surface area (Å²) in [5, 5.41) is 14.7. The van der Waals surface area contributed by atoms with Gasteiger partial charge in [-0.1, -0.05) is 0 Å². The van der Waals surface area contributed by atoms with Crippen LogP contribution in [0.2, 0.25) is 0 Å². The molecule has 0 saturated heterocycles. The fraction of sp³-hybridized carbons (Fsp3) is 0.583. The van der Waals surface area contributed by atoms with Gasteiger partial charge in [-0.15, -0.1) is 0 Å². The van der Waals surface area contributed by atoms with Gasteiger partial charge >= 0.3 is 12.1 Å². The number of aliphatic carboxylic acids is 1. The molecule has 1 heterocycles. The van der Waals surface area contributed by atoms with Crippen LogP contribution >= 0.6 is 0 Å². The molecular weight excluding hydrogens is 291 g/mol. The van der Waals surface area contributed by atoms with Gasteiger partial charge in [-0.25, -0.2) is 0 Å². The van der Waals surface area contributed by atoms with E-state index >= 15 is 0 Å². The summed E-state index contributed by atoms with van der Waals surface area (Å²) in [6, 6.07) is 0.541. The van der Waals surface area contributed by atoms with E-state index in [2.05, 4.69) is 10.4 Å². The highest BCUT2D eigenvalue weighted by atomic mass is 19.4. The number of carbonyl (C=O) groups excluding carboxylic acids is 1.